The van der Waals surface area contributed by atoms with Gasteiger partial charge in [-0.05, 0) is 61.4 Å². The molecule has 0 saturated carbocycles. The maximum Gasteiger partial charge on any atom is 0.240 e. The summed E-state index contributed by atoms with van der Waals surface area (Å²) in [5, 5.41) is 0. The largest absolute Gasteiger partial charge is 0.457 e. The normalized spacial score (nSPS) is 9.67. The molecule has 90 valence electrons. The van der Waals surface area contributed by atoms with Crippen molar-refractivity contribution in [3.05, 3.63) is 53.6 Å². The van der Waals surface area contributed by atoms with Gasteiger partial charge in [-0.3, -0.25) is 0 Å². The van der Waals surface area contributed by atoms with Gasteiger partial charge in [0.15, 0.2) is 0 Å². The van der Waals surface area contributed by atoms with Crippen molar-refractivity contribution in [3.63, 3.8) is 0 Å². The van der Waals surface area contributed by atoms with Crippen LogP contribution in [0.25, 0.3) is 0 Å². The molecule has 0 bridgehead atoms. The number of benzene rings is 2. The van der Waals surface area contributed by atoms with Crippen LogP contribution in [0.2, 0.25) is 0 Å². The number of nitrogens with zero attached hydrogens (tertiary/aromatic N) is 1. The zero-order valence-electron chi connectivity index (χ0n) is 10.3. The van der Waals surface area contributed by atoms with E-state index in [1.54, 1.807) is 24.3 Å². The first-order valence-corrected chi connectivity index (χ1v) is 5.62. The van der Waals surface area contributed by atoms with Crippen LogP contribution in [0, 0.1) is 13.8 Å². The number of hydrogen-bond acceptors (Lipinski definition) is 3. The first-order valence-electron chi connectivity index (χ1n) is 5.62. The lowest BCUT2D eigenvalue weighted by Crippen LogP contribution is -1.86. The van der Waals surface area contributed by atoms with E-state index in [-0.39, 0.29) is 0 Å². The molecule has 0 spiro atoms. The van der Waals surface area contributed by atoms with Crippen molar-refractivity contribution in [3.8, 4) is 11.5 Å². The van der Waals surface area contributed by atoms with Crippen molar-refractivity contribution in [1.29, 1.82) is 0 Å². The number of aryl methyl sites for hydroxylation is 2. The number of carbonyl (C=O) groups excluding carboxylic acids is 1. The molecule has 0 amide bonds. The maximum absolute atomic E-state index is 10.1. The Morgan fingerprint density at radius 1 is 0.944 bits per heavy atom. The highest BCUT2D eigenvalue weighted by Gasteiger charge is 1.99. The zero-order valence-corrected chi connectivity index (χ0v) is 10.3. The minimum atomic E-state index is 0.567. The molecule has 2 aromatic carbocycles. The predicted octanol–water partition coefficient (Wildman–Crippen LogP) is 4.06. The molecule has 0 fully saturated rings. The van der Waals surface area contributed by atoms with Gasteiger partial charge in [-0.1, -0.05) is 6.07 Å². The summed E-state index contributed by atoms with van der Waals surface area (Å²) in [5.74, 6) is 1.51. The number of ether oxygens (including phenoxy) is 1. The Hall–Kier alpha value is -2.38. The van der Waals surface area contributed by atoms with Crippen LogP contribution in [0.5, 0.6) is 11.5 Å². The third-order valence-electron chi connectivity index (χ3n) is 2.73. The van der Waals surface area contributed by atoms with E-state index >= 15 is 0 Å². The van der Waals surface area contributed by atoms with Crippen LogP contribution >= 0.6 is 0 Å². The van der Waals surface area contributed by atoms with Gasteiger partial charge in [-0.15, -0.1) is 0 Å². The second-order valence-electron chi connectivity index (χ2n) is 4.05. The third-order valence-corrected chi connectivity index (χ3v) is 2.73. The summed E-state index contributed by atoms with van der Waals surface area (Å²) < 4.78 is 5.71. The molecule has 18 heavy (non-hydrogen) atoms. The van der Waals surface area contributed by atoms with E-state index < -0.39 is 0 Å². The van der Waals surface area contributed by atoms with Crippen LogP contribution in [0.1, 0.15) is 11.1 Å². The fourth-order valence-electron chi connectivity index (χ4n) is 1.55. The van der Waals surface area contributed by atoms with Gasteiger partial charge in [-0.2, -0.15) is 4.99 Å². The zero-order chi connectivity index (χ0) is 13.0. The molecule has 0 heterocycles. The fourth-order valence-corrected chi connectivity index (χ4v) is 1.55. The summed E-state index contributed by atoms with van der Waals surface area (Å²) in [7, 11) is 0. The maximum atomic E-state index is 10.1. The van der Waals surface area contributed by atoms with Gasteiger partial charge in [0, 0.05) is 0 Å². The molecule has 2 rings (SSSR count). The van der Waals surface area contributed by atoms with Crippen molar-refractivity contribution in [2.45, 2.75) is 13.8 Å². The minimum absolute atomic E-state index is 0.567. The molecule has 0 aliphatic rings. The van der Waals surface area contributed by atoms with Crippen molar-refractivity contribution in [2.75, 3.05) is 0 Å². The molecule has 2 aromatic rings. The van der Waals surface area contributed by atoms with Gasteiger partial charge in [0.1, 0.15) is 11.5 Å². The van der Waals surface area contributed by atoms with Gasteiger partial charge in [0.05, 0.1) is 5.69 Å². The molecular weight excluding hydrogens is 226 g/mol. The quantitative estimate of drug-likeness (QED) is 0.598. The fraction of sp³-hybridized carbons (Fsp3) is 0.133. The Kier molecular flexibility index (Phi) is 3.56. The number of isocyanates is 1. The van der Waals surface area contributed by atoms with Gasteiger partial charge in [0.2, 0.25) is 6.08 Å². The van der Waals surface area contributed by atoms with E-state index in [1.165, 1.54) is 17.2 Å². The lowest BCUT2D eigenvalue weighted by atomic mass is 10.1. The lowest BCUT2D eigenvalue weighted by Gasteiger charge is -2.07. The van der Waals surface area contributed by atoms with Crippen LogP contribution in [-0.2, 0) is 4.79 Å². The summed E-state index contributed by atoms with van der Waals surface area (Å²) >= 11 is 0. The second-order valence-corrected chi connectivity index (χ2v) is 4.05. The third kappa shape index (κ3) is 2.84. The van der Waals surface area contributed by atoms with E-state index in [2.05, 4.69) is 11.9 Å². The smallest absolute Gasteiger partial charge is 0.240 e. The van der Waals surface area contributed by atoms with Crippen molar-refractivity contribution < 1.29 is 9.53 Å². The Bertz CT molecular complexity index is 596. The highest BCUT2D eigenvalue weighted by atomic mass is 16.5. The van der Waals surface area contributed by atoms with Crippen molar-refractivity contribution in [2.24, 2.45) is 4.99 Å². The van der Waals surface area contributed by atoms with E-state index in [0.29, 0.717) is 11.4 Å². The highest BCUT2D eigenvalue weighted by Crippen LogP contribution is 2.25. The Balaban J connectivity index is 2.18. The van der Waals surface area contributed by atoms with Gasteiger partial charge in [-0.25, -0.2) is 4.79 Å². The Morgan fingerprint density at radius 3 is 2.22 bits per heavy atom. The van der Waals surface area contributed by atoms with Gasteiger partial charge < -0.3 is 4.74 Å². The highest BCUT2D eigenvalue weighted by molar-refractivity contribution is 5.50. The van der Waals surface area contributed by atoms with Gasteiger partial charge in [0.25, 0.3) is 0 Å². The van der Waals surface area contributed by atoms with E-state index in [1.807, 2.05) is 25.1 Å². The molecule has 0 aliphatic heterocycles. The molecule has 0 saturated heterocycles. The molecule has 0 unspecified atom stereocenters. The molecule has 3 heteroatoms. The Labute approximate surface area is 106 Å². The van der Waals surface area contributed by atoms with E-state index in [0.717, 1.165) is 5.75 Å². The van der Waals surface area contributed by atoms with Crippen LogP contribution in [-0.4, -0.2) is 6.08 Å². The Morgan fingerprint density at radius 2 is 1.61 bits per heavy atom. The van der Waals surface area contributed by atoms with Crippen LogP contribution in [0.3, 0.4) is 0 Å². The SMILES string of the molecule is Cc1ccc(Oc2ccc(N=C=O)cc2)cc1C. The molecule has 3 nitrogen and oxygen atoms in total. The summed E-state index contributed by atoms with van der Waals surface area (Å²) in [6, 6.07) is 12.9. The average molecular weight is 239 g/mol. The average Bonchev–Trinajstić information content (AvgIpc) is 2.37. The predicted molar refractivity (Wildman–Crippen MR) is 70.2 cm³/mol. The van der Waals surface area contributed by atoms with E-state index in [9.17, 15) is 4.79 Å². The van der Waals surface area contributed by atoms with E-state index in [4.69, 9.17) is 4.74 Å². The molecule has 0 aliphatic carbocycles. The summed E-state index contributed by atoms with van der Waals surface area (Å²) in [6.45, 7) is 4.11. The lowest BCUT2D eigenvalue weighted by molar-refractivity contribution is 0.482. The molecule has 0 N–H and O–H groups in total. The van der Waals surface area contributed by atoms with Crippen LogP contribution < -0.4 is 4.74 Å². The number of rotatable bonds is 3. The molecule has 0 atom stereocenters. The molecule has 0 aromatic heterocycles. The van der Waals surface area contributed by atoms with Gasteiger partial charge >= 0.3 is 0 Å². The summed E-state index contributed by atoms with van der Waals surface area (Å²) in [6.07, 6.45) is 1.50. The summed E-state index contributed by atoms with van der Waals surface area (Å²) in [4.78, 5) is 13.6. The van der Waals surface area contributed by atoms with Crippen LogP contribution in [0.4, 0.5) is 5.69 Å². The summed E-state index contributed by atoms with van der Waals surface area (Å²) in [5.41, 5.74) is 2.99. The topological polar surface area (TPSA) is 38.7 Å². The number of hydrogen-bond donors (Lipinski definition) is 0. The standard InChI is InChI=1S/C15H13NO2/c1-11-3-6-15(9-12(11)2)18-14-7-4-13(5-8-14)16-10-17/h3-9H,1-2H3. The first kappa shape index (κ1) is 12.1. The first-order chi connectivity index (χ1) is 8.69. The minimum Gasteiger partial charge on any atom is -0.457 e. The van der Waals surface area contributed by atoms with Crippen molar-refractivity contribution >= 4 is 11.8 Å². The van der Waals surface area contributed by atoms with Crippen LogP contribution in [0.15, 0.2) is 47.5 Å². The van der Waals surface area contributed by atoms with Crippen molar-refractivity contribution in [1.82, 2.24) is 0 Å². The molecule has 0 radical (unpaired) electrons. The monoisotopic (exact) mass is 239 g/mol. The number of aliphatic imine (C=N–C) groups is 1. The molecular formula is C15H13NO2. The second kappa shape index (κ2) is 5.30.